The number of rotatable bonds is 8. The summed E-state index contributed by atoms with van der Waals surface area (Å²) in [6.45, 7) is 5.14. The molecule has 0 spiro atoms. The van der Waals surface area contributed by atoms with Gasteiger partial charge in [-0.15, -0.1) is 0 Å². The molecule has 0 aliphatic carbocycles. The molecule has 3 fully saturated rings. The van der Waals surface area contributed by atoms with Crippen molar-refractivity contribution in [1.82, 2.24) is 15.1 Å². The van der Waals surface area contributed by atoms with Crippen molar-refractivity contribution in [3.63, 3.8) is 0 Å². The van der Waals surface area contributed by atoms with Crippen molar-refractivity contribution >= 4 is 40.7 Å². The Morgan fingerprint density at radius 3 is 2.33 bits per heavy atom. The number of carbonyl (C=O) groups excluding carboxylic acids is 4. The molecule has 4 aliphatic rings. The maximum Gasteiger partial charge on any atom is 0.313 e. The van der Waals surface area contributed by atoms with Crippen molar-refractivity contribution in [2.75, 3.05) is 62.7 Å². The highest BCUT2D eigenvalue weighted by Gasteiger charge is 2.46. The van der Waals surface area contributed by atoms with Crippen LogP contribution in [0.4, 0.5) is 21.5 Å². The third-order valence-electron chi connectivity index (χ3n) is 9.41. The highest BCUT2D eigenvalue weighted by Crippen LogP contribution is 2.37. The molecule has 3 saturated heterocycles. The first kappa shape index (κ1) is 30.4. The Balaban J connectivity index is 1.02. The summed E-state index contributed by atoms with van der Waals surface area (Å²) in [5.74, 6) is -2.15. The fraction of sp³-hybridized carbons (Fsp3) is 0.484. The minimum Gasteiger partial charge on any atom is -0.490 e. The second-order valence-electron chi connectivity index (χ2n) is 11.9. The van der Waals surface area contributed by atoms with E-state index in [-0.39, 0.29) is 29.8 Å². The lowest BCUT2D eigenvalue weighted by molar-refractivity contribution is -0.385. The third kappa shape index (κ3) is 5.81. The van der Waals surface area contributed by atoms with Gasteiger partial charge in [-0.2, -0.15) is 0 Å². The number of nitrogens with zero attached hydrogens (tertiary/aromatic N) is 5. The van der Waals surface area contributed by atoms with Crippen LogP contribution in [0.15, 0.2) is 30.3 Å². The average Bonchev–Trinajstić information content (AvgIpc) is 3.29. The molecule has 2 aromatic carbocycles. The Bertz CT molecular complexity index is 1550. The summed E-state index contributed by atoms with van der Waals surface area (Å²) in [4.78, 5) is 68.7. The lowest BCUT2D eigenvalue weighted by Crippen LogP contribution is -2.54. The smallest absolute Gasteiger partial charge is 0.313 e. The lowest BCUT2D eigenvalue weighted by Gasteiger charge is -2.38. The van der Waals surface area contributed by atoms with Gasteiger partial charge in [0.15, 0.2) is 11.6 Å². The van der Waals surface area contributed by atoms with Gasteiger partial charge < -0.3 is 14.5 Å². The number of amides is 4. The monoisotopic (exact) mass is 622 g/mol. The zero-order valence-corrected chi connectivity index (χ0v) is 25.0. The number of nitro benzene ring substituents is 1. The number of carbonyl (C=O) groups is 4. The molecule has 0 bridgehead atoms. The zero-order chi connectivity index (χ0) is 31.8. The number of methoxy groups -OCH3 is 1. The predicted octanol–water partition coefficient (Wildman–Crippen LogP) is 2.57. The second-order valence-corrected chi connectivity index (χ2v) is 11.9. The van der Waals surface area contributed by atoms with Gasteiger partial charge in [0.2, 0.25) is 11.8 Å². The average molecular weight is 623 g/mol. The van der Waals surface area contributed by atoms with Crippen LogP contribution in [0.1, 0.15) is 52.8 Å². The summed E-state index contributed by atoms with van der Waals surface area (Å²) >= 11 is 0. The van der Waals surface area contributed by atoms with Crippen molar-refractivity contribution in [2.24, 2.45) is 5.92 Å². The van der Waals surface area contributed by atoms with Gasteiger partial charge in [-0.05, 0) is 50.3 Å². The number of ether oxygens (including phenoxy) is 1. The van der Waals surface area contributed by atoms with Gasteiger partial charge in [-0.25, -0.2) is 4.39 Å². The molecule has 1 unspecified atom stereocenters. The fourth-order valence-corrected chi connectivity index (χ4v) is 6.88. The zero-order valence-electron chi connectivity index (χ0n) is 25.0. The second kappa shape index (κ2) is 12.4. The van der Waals surface area contributed by atoms with Gasteiger partial charge in [-0.1, -0.05) is 6.07 Å². The Hall–Kier alpha value is -4.59. The maximum absolute atomic E-state index is 14.7. The number of benzene rings is 2. The quantitative estimate of drug-likeness (QED) is 0.265. The Kier molecular flexibility index (Phi) is 8.40. The van der Waals surface area contributed by atoms with E-state index in [1.807, 2.05) is 11.0 Å². The summed E-state index contributed by atoms with van der Waals surface area (Å²) in [6.07, 6.45) is 2.95. The van der Waals surface area contributed by atoms with Crippen molar-refractivity contribution in [3.05, 3.63) is 57.4 Å². The molecule has 14 heteroatoms. The topological polar surface area (TPSA) is 146 Å². The largest absolute Gasteiger partial charge is 0.490 e. The van der Waals surface area contributed by atoms with Gasteiger partial charge in [0.1, 0.15) is 6.04 Å². The summed E-state index contributed by atoms with van der Waals surface area (Å²) in [5, 5.41) is 13.4. The van der Waals surface area contributed by atoms with Crippen LogP contribution < -0.4 is 19.9 Å². The number of nitro groups is 1. The Labute approximate surface area is 259 Å². The molecule has 0 radical (unpaired) electrons. The van der Waals surface area contributed by atoms with Crippen molar-refractivity contribution in [2.45, 2.75) is 38.1 Å². The Morgan fingerprint density at radius 2 is 1.67 bits per heavy atom. The molecule has 1 N–H and O–H groups in total. The number of fused-ring (bicyclic) bond motifs is 1. The first-order valence-electron chi connectivity index (χ1n) is 15.2. The number of hydrogen-bond acceptors (Lipinski definition) is 10. The van der Waals surface area contributed by atoms with Gasteiger partial charge in [0, 0.05) is 51.8 Å². The van der Waals surface area contributed by atoms with Crippen LogP contribution in [-0.4, -0.2) is 97.3 Å². The molecule has 238 valence electrons. The molecule has 4 amide bonds. The molecule has 1 atom stereocenters. The molecule has 13 nitrogen and oxygen atoms in total. The number of hydrogen-bond donors (Lipinski definition) is 1. The maximum atomic E-state index is 14.7. The lowest BCUT2D eigenvalue weighted by atomic mass is 9.93. The van der Waals surface area contributed by atoms with E-state index in [1.165, 1.54) is 13.2 Å². The Morgan fingerprint density at radius 1 is 0.956 bits per heavy atom. The molecule has 2 aromatic rings. The number of anilines is 2. The number of piperidine rings is 2. The van der Waals surface area contributed by atoms with E-state index in [0.717, 1.165) is 49.9 Å². The molecule has 0 aromatic heterocycles. The minimum atomic E-state index is -0.998. The van der Waals surface area contributed by atoms with Crippen LogP contribution >= 0.6 is 0 Å². The predicted molar refractivity (Wildman–Crippen MR) is 161 cm³/mol. The summed E-state index contributed by atoms with van der Waals surface area (Å²) < 4.78 is 19.8. The van der Waals surface area contributed by atoms with Gasteiger partial charge in [-0.3, -0.25) is 44.4 Å². The first-order chi connectivity index (χ1) is 21.7. The van der Waals surface area contributed by atoms with Crippen LogP contribution in [0, 0.1) is 21.8 Å². The van der Waals surface area contributed by atoms with Crippen LogP contribution in [0.5, 0.6) is 5.75 Å². The van der Waals surface area contributed by atoms with E-state index < -0.39 is 40.4 Å². The van der Waals surface area contributed by atoms with Gasteiger partial charge in [0.25, 0.3) is 11.8 Å². The molecule has 45 heavy (non-hydrogen) atoms. The summed E-state index contributed by atoms with van der Waals surface area (Å²) in [7, 11) is 1.33. The van der Waals surface area contributed by atoms with E-state index in [4.69, 9.17) is 4.74 Å². The normalized spacial score (nSPS) is 21.3. The first-order valence-corrected chi connectivity index (χ1v) is 15.2. The summed E-state index contributed by atoms with van der Waals surface area (Å²) in [5.41, 5.74) is 1.21. The van der Waals surface area contributed by atoms with Crippen LogP contribution in [0.25, 0.3) is 0 Å². The highest BCUT2D eigenvalue weighted by molar-refractivity contribution is 6.25. The van der Waals surface area contributed by atoms with Gasteiger partial charge >= 0.3 is 5.69 Å². The van der Waals surface area contributed by atoms with E-state index in [0.29, 0.717) is 49.0 Å². The van der Waals surface area contributed by atoms with E-state index in [9.17, 15) is 33.7 Å². The number of nitrogens with one attached hydrogen (secondary N) is 1. The third-order valence-corrected chi connectivity index (χ3v) is 9.41. The van der Waals surface area contributed by atoms with Crippen molar-refractivity contribution in [1.29, 1.82) is 0 Å². The minimum absolute atomic E-state index is 0.0423. The number of halogens is 1. The highest BCUT2D eigenvalue weighted by atomic mass is 19.1. The van der Waals surface area contributed by atoms with Crippen LogP contribution in [0.2, 0.25) is 0 Å². The van der Waals surface area contributed by atoms with Crippen LogP contribution in [-0.2, 0) is 9.59 Å². The van der Waals surface area contributed by atoms with E-state index in [1.54, 1.807) is 12.1 Å². The molecule has 6 rings (SSSR count). The molecule has 4 aliphatic heterocycles. The van der Waals surface area contributed by atoms with Gasteiger partial charge in [0.05, 0.1) is 40.6 Å². The molecule has 4 heterocycles. The van der Waals surface area contributed by atoms with Crippen molar-refractivity contribution < 1.29 is 33.2 Å². The van der Waals surface area contributed by atoms with E-state index in [2.05, 4.69) is 15.1 Å². The molecule has 0 saturated carbocycles. The fourth-order valence-electron chi connectivity index (χ4n) is 6.88. The number of piperazine rings is 1. The standard InChI is InChI=1S/C31H35FN6O7/c1-45-26-18-24(21(32)17-25(26)38(43)44)35-11-8-19(9-12-35)7-10-34-13-15-36(16-14-34)22-4-2-3-20-28(22)31(42)37(30(20)41)23-5-6-27(39)33-29(23)40/h2-4,17-19,23H,5-16H2,1H3,(H,33,39,40). The van der Waals surface area contributed by atoms with E-state index >= 15 is 0 Å². The van der Waals surface area contributed by atoms with Crippen molar-refractivity contribution in [3.8, 4) is 5.75 Å². The molecular formula is C31H35FN6O7. The van der Waals surface area contributed by atoms with Crippen LogP contribution in [0.3, 0.4) is 0 Å². The SMILES string of the molecule is COc1cc(N2CCC(CCN3CCN(c4cccc5c4C(=O)N(C4CCC(=O)NC4=O)C5=O)CC3)CC2)c(F)cc1[N+](=O)[O-]. The summed E-state index contributed by atoms with van der Waals surface area (Å²) in [6, 6.07) is 6.54. The number of imide groups is 2. The molecular weight excluding hydrogens is 587 g/mol.